The lowest BCUT2D eigenvalue weighted by Gasteiger charge is -2.42. The summed E-state index contributed by atoms with van der Waals surface area (Å²) in [6.07, 6.45) is 1.49. The van der Waals surface area contributed by atoms with Crippen LogP contribution in [-0.4, -0.2) is 23.5 Å². The van der Waals surface area contributed by atoms with Gasteiger partial charge in [0.2, 0.25) is 0 Å². The van der Waals surface area contributed by atoms with Gasteiger partial charge in [0.25, 0.3) is 0 Å². The molecule has 0 bridgehead atoms. The minimum atomic E-state index is 0.388. The van der Waals surface area contributed by atoms with E-state index in [9.17, 15) is 0 Å². The summed E-state index contributed by atoms with van der Waals surface area (Å²) in [7, 11) is 0. The molecule has 0 aromatic heterocycles. The van der Waals surface area contributed by atoms with Crippen molar-refractivity contribution in [3.8, 4) is 0 Å². The van der Waals surface area contributed by atoms with Crippen LogP contribution in [0.5, 0.6) is 0 Å². The zero-order valence-corrected chi connectivity index (χ0v) is 10.4. The molecule has 14 heavy (non-hydrogen) atoms. The van der Waals surface area contributed by atoms with Crippen molar-refractivity contribution in [3.63, 3.8) is 0 Å². The summed E-state index contributed by atoms with van der Waals surface area (Å²) in [4.78, 5) is 2.69. The number of nitrogens with zero attached hydrogens (tertiary/aromatic N) is 1. The van der Waals surface area contributed by atoms with Gasteiger partial charge >= 0.3 is 0 Å². The third-order valence-electron chi connectivity index (χ3n) is 4.42. The molecule has 1 aliphatic carbocycles. The first kappa shape index (κ1) is 10.5. The molecule has 2 aliphatic rings. The molecule has 82 valence electrons. The molecule has 0 radical (unpaired) electrons. The van der Waals surface area contributed by atoms with Gasteiger partial charge in [-0.1, -0.05) is 13.8 Å². The average Bonchev–Trinajstić information content (AvgIpc) is 2.26. The Kier molecular flexibility index (Phi) is 2.42. The van der Waals surface area contributed by atoms with Crippen LogP contribution in [0.4, 0.5) is 0 Å². The highest BCUT2D eigenvalue weighted by molar-refractivity contribution is 5.00. The van der Waals surface area contributed by atoms with E-state index in [4.69, 9.17) is 0 Å². The fraction of sp³-hybridized carbons (Fsp3) is 1.00. The van der Waals surface area contributed by atoms with E-state index in [0.29, 0.717) is 5.54 Å². The Morgan fingerprint density at radius 3 is 2.29 bits per heavy atom. The third-order valence-corrected chi connectivity index (χ3v) is 4.42. The lowest BCUT2D eigenvalue weighted by Crippen LogP contribution is -2.40. The molecule has 0 aromatic rings. The number of hydrogen-bond donors (Lipinski definition) is 0. The summed E-state index contributed by atoms with van der Waals surface area (Å²) in [5.41, 5.74) is 0.388. The van der Waals surface area contributed by atoms with Crippen LogP contribution < -0.4 is 0 Å². The number of fused-ring (bicyclic) bond motifs is 1. The Hall–Kier alpha value is -0.0400. The van der Waals surface area contributed by atoms with Crippen molar-refractivity contribution in [3.05, 3.63) is 0 Å². The van der Waals surface area contributed by atoms with Gasteiger partial charge in [-0.2, -0.15) is 0 Å². The highest BCUT2D eigenvalue weighted by Crippen LogP contribution is 2.50. The summed E-state index contributed by atoms with van der Waals surface area (Å²) < 4.78 is 0. The summed E-state index contributed by atoms with van der Waals surface area (Å²) in [6.45, 7) is 14.5. The number of hydrogen-bond acceptors (Lipinski definition) is 1. The minimum absolute atomic E-state index is 0.388. The lowest BCUT2D eigenvalue weighted by molar-refractivity contribution is 0.0768. The first-order chi connectivity index (χ1) is 6.39. The van der Waals surface area contributed by atoms with Gasteiger partial charge in [-0.15, -0.1) is 0 Å². The van der Waals surface area contributed by atoms with Crippen molar-refractivity contribution >= 4 is 0 Å². The molecule has 0 amide bonds. The molecule has 1 nitrogen and oxygen atoms in total. The fourth-order valence-corrected chi connectivity index (χ4v) is 3.27. The first-order valence-electron chi connectivity index (χ1n) is 6.14. The van der Waals surface area contributed by atoms with Gasteiger partial charge in [0, 0.05) is 18.6 Å². The van der Waals surface area contributed by atoms with Crippen LogP contribution in [0.3, 0.4) is 0 Å². The van der Waals surface area contributed by atoms with Gasteiger partial charge in [0.15, 0.2) is 0 Å². The quantitative estimate of drug-likeness (QED) is 0.621. The molecule has 1 saturated heterocycles. The van der Waals surface area contributed by atoms with E-state index in [0.717, 1.165) is 23.7 Å². The highest BCUT2D eigenvalue weighted by atomic mass is 15.2. The second-order valence-electron chi connectivity index (χ2n) is 6.64. The van der Waals surface area contributed by atoms with E-state index >= 15 is 0 Å². The molecular formula is C13H25N. The maximum Gasteiger partial charge on any atom is 0.0125 e. The molecule has 0 spiro atoms. The van der Waals surface area contributed by atoms with E-state index in [1.807, 2.05) is 0 Å². The maximum absolute atomic E-state index is 2.69. The van der Waals surface area contributed by atoms with Crippen LogP contribution in [0, 0.1) is 23.7 Å². The second kappa shape index (κ2) is 3.23. The van der Waals surface area contributed by atoms with Crippen LogP contribution >= 0.6 is 0 Å². The Labute approximate surface area is 88.9 Å². The van der Waals surface area contributed by atoms with Crippen molar-refractivity contribution in [2.75, 3.05) is 13.1 Å². The van der Waals surface area contributed by atoms with Crippen LogP contribution in [0.1, 0.15) is 41.0 Å². The normalized spacial score (nSPS) is 38.6. The Balaban J connectivity index is 1.96. The fourth-order valence-electron chi connectivity index (χ4n) is 3.27. The Morgan fingerprint density at radius 2 is 1.79 bits per heavy atom. The molecule has 1 saturated carbocycles. The zero-order chi connectivity index (χ0) is 10.5. The van der Waals surface area contributed by atoms with Crippen molar-refractivity contribution in [1.82, 2.24) is 4.90 Å². The molecule has 0 N–H and O–H groups in total. The molecule has 3 atom stereocenters. The molecule has 1 heterocycles. The van der Waals surface area contributed by atoms with E-state index < -0.39 is 0 Å². The number of likely N-dealkylation sites (tertiary alicyclic amines) is 1. The predicted molar refractivity (Wildman–Crippen MR) is 61.3 cm³/mol. The molecule has 0 aromatic carbocycles. The minimum Gasteiger partial charge on any atom is -0.298 e. The summed E-state index contributed by atoms with van der Waals surface area (Å²) in [5, 5.41) is 0. The summed E-state index contributed by atoms with van der Waals surface area (Å²) in [5.74, 6) is 3.97. The topological polar surface area (TPSA) is 3.24 Å². The van der Waals surface area contributed by atoms with E-state index in [-0.39, 0.29) is 0 Å². The Morgan fingerprint density at radius 1 is 1.14 bits per heavy atom. The largest absolute Gasteiger partial charge is 0.298 e. The lowest BCUT2D eigenvalue weighted by atomic mass is 9.62. The predicted octanol–water partition coefficient (Wildman–Crippen LogP) is 3.01. The van der Waals surface area contributed by atoms with Crippen molar-refractivity contribution in [1.29, 1.82) is 0 Å². The van der Waals surface area contributed by atoms with Crippen LogP contribution in [0.25, 0.3) is 0 Å². The summed E-state index contributed by atoms with van der Waals surface area (Å²) >= 11 is 0. The smallest absolute Gasteiger partial charge is 0.0125 e. The van der Waals surface area contributed by atoms with Gasteiger partial charge in [0.05, 0.1) is 0 Å². The third kappa shape index (κ3) is 1.60. The highest BCUT2D eigenvalue weighted by Gasteiger charge is 2.49. The van der Waals surface area contributed by atoms with E-state index in [1.165, 1.54) is 19.5 Å². The Bertz CT molecular complexity index is 214. The van der Waals surface area contributed by atoms with Crippen molar-refractivity contribution in [2.24, 2.45) is 23.7 Å². The zero-order valence-electron chi connectivity index (χ0n) is 10.4. The average molecular weight is 195 g/mol. The molecule has 1 aliphatic heterocycles. The van der Waals surface area contributed by atoms with E-state index in [2.05, 4.69) is 39.5 Å². The molecular weight excluding hydrogens is 170 g/mol. The molecule has 2 rings (SSSR count). The molecule has 2 fully saturated rings. The van der Waals surface area contributed by atoms with E-state index in [1.54, 1.807) is 0 Å². The molecule has 3 unspecified atom stereocenters. The van der Waals surface area contributed by atoms with Gasteiger partial charge in [-0.05, 0) is 50.9 Å². The number of rotatable bonds is 1. The first-order valence-corrected chi connectivity index (χ1v) is 6.14. The van der Waals surface area contributed by atoms with Crippen LogP contribution in [0.2, 0.25) is 0 Å². The van der Waals surface area contributed by atoms with Crippen LogP contribution in [-0.2, 0) is 0 Å². The SMILES string of the molecule is CC(C)C1CC2CN(C(C)(C)C)CC21. The summed E-state index contributed by atoms with van der Waals surface area (Å²) in [6, 6.07) is 0. The van der Waals surface area contributed by atoms with Crippen LogP contribution in [0.15, 0.2) is 0 Å². The van der Waals surface area contributed by atoms with Gasteiger partial charge < -0.3 is 0 Å². The second-order valence-corrected chi connectivity index (χ2v) is 6.64. The van der Waals surface area contributed by atoms with Gasteiger partial charge in [0.1, 0.15) is 0 Å². The maximum atomic E-state index is 2.69. The van der Waals surface area contributed by atoms with Gasteiger partial charge in [-0.3, -0.25) is 4.90 Å². The van der Waals surface area contributed by atoms with Crippen molar-refractivity contribution < 1.29 is 0 Å². The standard InChI is InChI=1S/C13H25N/c1-9(2)11-6-10-7-14(8-12(10)11)13(3,4)5/h9-12H,6-8H2,1-5H3. The molecule has 1 heteroatoms. The van der Waals surface area contributed by atoms with Crippen molar-refractivity contribution in [2.45, 2.75) is 46.6 Å². The monoisotopic (exact) mass is 195 g/mol. The van der Waals surface area contributed by atoms with Gasteiger partial charge in [-0.25, -0.2) is 0 Å².